The minimum atomic E-state index is -0.0429. The van der Waals surface area contributed by atoms with Crippen molar-refractivity contribution in [2.75, 3.05) is 0 Å². The zero-order chi connectivity index (χ0) is 13.8. The molecule has 1 aliphatic rings. The third kappa shape index (κ3) is 2.90. The molecular weight excluding hydrogens is 252 g/mol. The molecule has 1 fully saturated rings. The van der Waals surface area contributed by atoms with Crippen molar-refractivity contribution < 1.29 is 9.53 Å². The largest absolute Gasteiger partial charge is 0.461 e. The zero-order valence-electron chi connectivity index (χ0n) is 11.4. The second-order valence-electron chi connectivity index (χ2n) is 5.21. The average Bonchev–Trinajstić information content (AvgIpc) is 3.18. The first kappa shape index (κ1) is 12.9. The molecule has 0 amide bonds. The van der Waals surface area contributed by atoms with Crippen LogP contribution in [0.15, 0.2) is 42.7 Å². The van der Waals surface area contributed by atoms with Crippen molar-refractivity contribution in [2.45, 2.75) is 32.3 Å². The second kappa shape index (κ2) is 5.90. The highest BCUT2D eigenvalue weighted by Crippen LogP contribution is 2.26. The third-order valence-electron chi connectivity index (χ3n) is 3.77. The van der Waals surface area contributed by atoms with E-state index in [4.69, 9.17) is 4.74 Å². The van der Waals surface area contributed by atoms with Gasteiger partial charge >= 0.3 is 5.97 Å². The summed E-state index contributed by atoms with van der Waals surface area (Å²) in [5.41, 5.74) is 2.01. The van der Waals surface area contributed by atoms with Crippen LogP contribution in [-0.2, 0) is 16.1 Å². The Morgan fingerprint density at radius 2 is 2.00 bits per heavy atom. The van der Waals surface area contributed by atoms with E-state index in [0.717, 1.165) is 36.9 Å². The molecule has 4 nitrogen and oxygen atoms in total. The maximum atomic E-state index is 11.8. The quantitative estimate of drug-likeness (QED) is 0.802. The van der Waals surface area contributed by atoms with Crippen LogP contribution in [0.5, 0.6) is 0 Å². The summed E-state index contributed by atoms with van der Waals surface area (Å²) in [4.78, 5) is 11.8. The summed E-state index contributed by atoms with van der Waals surface area (Å²) in [6.07, 6.45) is 7.91. The Morgan fingerprint density at radius 1 is 1.25 bits per heavy atom. The van der Waals surface area contributed by atoms with Crippen molar-refractivity contribution in [3.63, 3.8) is 0 Å². The second-order valence-corrected chi connectivity index (χ2v) is 5.21. The van der Waals surface area contributed by atoms with E-state index in [1.54, 1.807) is 10.9 Å². The summed E-state index contributed by atoms with van der Waals surface area (Å²) in [6, 6.07) is 9.78. The normalized spacial score (nSPS) is 15.4. The topological polar surface area (TPSA) is 44.1 Å². The maximum absolute atomic E-state index is 11.8. The number of nitrogens with zero attached hydrogens (tertiary/aromatic N) is 2. The van der Waals surface area contributed by atoms with Gasteiger partial charge in [0.25, 0.3) is 0 Å². The van der Waals surface area contributed by atoms with Crippen LogP contribution in [-0.4, -0.2) is 15.7 Å². The molecule has 1 aliphatic carbocycles. The van der Waals surface area contributed by atoms with E-state index in [2.05, 4.69) is 5.10 Å². The Hall–Kier alpha value is -2.10. The van der Waals surface area contributed by atoms with Crippen LogP contribution in [0.4, 0.5) is 0 Å². The molecule has 0 N–H and O–H groups in total. The van der Waals surface area contributed by atoms with Crippen LogP contribution in [0, 0.1) is 5.92 Å². The highest BCUT2D eigenvalue weighted by atomic mass is 16.5. The molecule has 0 radical (unpaired) electrons. The van der Waals surface area contributed by atoms with Crippen molar-refractivity contribution in [3.05, 3.63) is 48.3 Å². The van der Waals surface area contributed by atoms with E-state index in [-0.39, 0.29) is 11.9 Å². The minimum absolute atomic E-state index is 0.0429. The smallest absolute Gasteiger partial charge is 0.309 e. The first-order chi connectivity index (χ1) is 9.83. The molecule has 20 heavy (non-hydrogen) atoms. The Labute approximate surface area is 118 Å². The molecule has 2 aromatic rings. The number of hydrogen-bond acceptors (Lipinski definition) is 3. The molecule has 1 aromatic carbocycles. The predicted octanol–water partition coefficient (Wildman–Crippen LogP) is 3.11. The Kier molecular flexibility index (Phi) is 3.81. The molecule has 4 heteroatoms. The van der Waals surface area contributed by atoms with E-state index in [9.17, 15) is 4.79 Å². The summed E-state index contributed by atoms with van der Waals surface area (Å²) in [5.74, 6) is 0.0806. The molecule has 0 bridgehead atoms. The molecular formula is C16H18N2O2. The van der Waals surface area contributed by atoms with E-state index >= 15 is 0 Å². The fraction of sp³-hybridized carbons (Fsp3) is 0.375. The summed E-state index contributed by atoms with van der Waals surface area (Å²) >= 11 is 0. The van der Waals surface area contributed by atoms with Gasteiger partial charge in [0, 0.05) is 12.4 Å². The number of ether oxygens (including phenoxy) is 1. The number of aromatic nitrogens is 2. The van der Waals surface area contributed by atoms with Gasteiger partial charge in [-0.1, -0.05) is 25.0 Å². The first-order valence-electron chi connectivity index (χ1n) is 7.08. The van der Waals surface area contributed by atoms with E-state index in [0.29, 0.717) is 6.61 Å². The van der Waals surface area contributed by atoms with Crippen LogP contribution in [0.1, 0.15) is 31.2 Å². The van der Waals surface area contributed by atoms with Gasteiger partial charge in [-0.05, 0) is 36.6 Å². The summed E-state index contributed by atoms with van der Waals surface area (Å²) < 4.78 is 7.18. The molecule has 0 aliphatic heterocycles. The lowest BCUT2D eigenvalue weighted by atomic mass is 10.1. The van der Waals surface area contributed by atoms with Crippen molar-refractivity contribution in [3.8, 4) is 5.69 Å². The molecule has 1 aromatic heterocycles. The number of esters is 1. The lowest BCUT2D eigenvalue weighted by molar-refractivity contribution is -0.149. The molecule has 1 saturated carbocycles. The fourth-order valence-corrected chi connectivity index (χ4v) is 2.60. The van der Waals surface area contributed by atoms with E-state index < -0.39 is 0 Å². The Bertz CT molecular complexity index is 555. The van der Waals surface area contributed by atoms with Crippen molar-refractivity contribution in [2.24, 2.45) is 5.92 Å². The van der Waals surface area contributed by atoms with Crippen LogP contribution < -0.4 is 0 Å². The number of benzene rings is 1. The highest BCUT2D eigenvalue weighted by Gasteiger charge is 2.23. The number of carbonyl (C=O) groups excluding carboxylic acids is 1. The van der Waals surface area contributed by atoms with Crippen molar-refractivity contribution in [1.29, 1.82) is 0 Å². The molecule has 0 saturated heterocycles. The van der Waals surface area contributed by atoms with Gasteiger partial charge in [-0.3, -0.25) is 4.79 Å². The first-order valence-corrected chi connectivity index (χ1v) is 7.08. The maximum Gasteiger partial charge on any atom is 0.309 e. The number of rotatable bonds is 4. The van der Waals surface area contributed by atoms with Gasteiger partial charge < -0.3 is 4.74 Å². The van der Waals surface area contributed by atoms with Crippen molar-refractivity contribution >= 4 is 5.97 Å². The fourth-order valence-electron chi connectivity index (χ4n) is 2.60. The van der Waals surface area contributed by atoms with E-state index in [1.807, 2.05) is 36.5 Å². The standard InChI is InChI=1S/C16H18N2O2/c19-16(14-4-1-2-5-14)20-12-13-6-8-15(9-7-13)18-11-3-10-17-18/h3,6-11,14H,1-2,4-5,12H2. The van der Waals surface area contributed by atoms with Crippen molar-refractivity contribution in [1.82, 2.24) is 9.78 Å². The SMILES string of the molecule is O=C(OCc1ccc(-n2cccn2)cc1)C1CCCC1. The van der Waals surface area contributed by atoms with Crippen LogP contribution in [0.25, 0.3) is 5.69 Å². The molecule has 1 heterocycles. The third-order valence-corrected chi connectivity index (χ3v) is 3.77. The minimum Gasteiger partial charge on any atom is -0.461 e. The Morgan fingerprint density at radius 3 is 2.65 bits per heavy atom. The monoisotopic (exact) mass is 270 g/mol. The lowest BCUT2D eigenvalue weighted by Crippen LogP contribution is -2.14. The average molecular weight is 270 g/mol. The van der Waals surface area contributed by atoms with Gasteiger partial charge in [0.2, 0.25) is 0 Å². The van der Waals surface area contributed by atoms with Gasteiger partial charge in [0.05, 0.1) is 11.6 Å². The van der Waals surface area contributed by atoms with Gasteiger partial charge in [0.15, 0.2) is 0 Å². The van der Waals surface area contributed by atoms with Gasteiger partial charge in [-0.15, -0.1) is 0 Å². The summed E-state index contributed by atoms with van der Waals surface area (Å²) in [7, 11) is 0. The predicted molar refractivity (Wildman–Crippen MR) is 75.3 cm³/mol. The molecule has 0 atom stereocenters. The van der Waals surface area contributed by atoms with Gasteiger partial charge in [0.1, 0.15) is 6.61 Å². The van der Waals surface area contributed by atoms with Crippen LogP contribution in [0.3, 0.4) is 0 Å². The molecule has 104 valence electrons. The lowest BCUT2D eigenvalue weighted by Gasteiger charge is -2.10. The zero-order valence-corrected chi connectivity index (χ0v) is 11.4. The molecule has 0 spiro atoms. The number of carbonyl (C=O) groups is 1. The number of hydrogen-bond donors (Lipinski definition) is 0. The Balaban J connectivity index is 1.57. The molecule has 0 unspecified atom stereocenters. The van der Waals surface area contributed by atoms with E-state index in [1.165, 1.54) is 0 Å². The van der Waals surface area contributed by atoms with Gasteiger partial charge in [-0.2, -0.15) is 5.10 Å². The van der Waals surface area contributed by atoms with Crippen LogP contribution in [0.2, 0.25) is 0 Å². The van der Waals surface area contributed by atoms with Crippen LogP contribution >= 0.6 is 0 Å². The molecule has 3 rings (SSSR count). The summed E-state index contributed by atoms with van der Waals surface area (Å²) in [5, 5.41) is 4.17. The summed E-state index contributed by atoms with van der Waals surface area (Å²) in [6.45, 7) is 0.356. The van der Waals surface area contributed by atoms with Gasteiger partial charge in [-0.25, -0.2) is 4.68 Å². The highest BCUT2D eigenvalue weighted by molar-refractivity contribution is 5.72.